The molecule has 0 spiro atoms. The van der Waals surface area contributed by atoms with Crippen LogP contribution in [-0.4, -0.2) is 69.8 Å². The Morgan fingerprint density at radius 3 is 2.54 bits per heavy atom. The summed E-state index contributed by atoms with van der Waals surface area (Å²) in [6.07, 6.45) is 2.63. The molecule has 2 heterocycles. The molecule has 2 amide bonds. The highest BCUT2D eigenvalue weighted by atomic mass is 32.2. The molecule has 10 nitrogen and oxygen atoms in total. The van der Waals surface area contributed by atoms with Gasteiger partial charge in [-0.1, -0.05) is 11.8 Å². The molecule has 1 saturated heterocycles. The number of hydrogen-bond acceptors (Lipinski definition) is 7. The van der Waals surface area contributed by atoms with Gasteiger partial charge in [0.25, 0.3) is 5.91 Å². The molecule has 1 aliphatic heterocycles. The molecule has 1 atom stereocenters. The van der Waals surface area contributed by atoms with E-state index in [2.05, 4.69) is 28.8 Å². The summed E-state index contributed by atoms with van der Waals surface area (Å²) >= 11 is 0. The molecule has 1 aromatic carbocycles. The Labute approximate surface area is 204 Å². The zero-order chi connectivity index (χ0) is 26.0. The number of nitrogens with two attached hydrogens (primary N) is 1. The third-order valence-electron chi connectivity index (χ3n) is 6.04. The maximum absolute atomic E-state index is 12.1. The average Bonchev–Trinajstić information content (AvgIpc) is 3.15. The number of carbonyl (C=O) groups is 2. The molecule has 1 unspecified atom stereocenters. The van der Waals surface area contributed by atoms with E-state index in [0.717, 1.165) is 17.2 Å². The van der Waals surface area contributed by atoms with Crippen molar-refractivity contribution in [3.63, 3.8) is 0 Å². The van der Waals surface area contributed by atoms with Gasteiger partial charge in [0.15, 0.2) is 14.6 Å². The van der Waals surface area contributed by atoms with Gasteiger partial charge in [0.2, 0.25) is 5.91 Å². The first kappa shape index (κ1) is 26.2. The average molecular weight is 500 g/mol. The summed E-state index contributed by atoms with van der Waals surface area (Å²) in [5, 5.41) is 14.2. The van der Waals surface area contributed by atoms with Crippen molar-refractivity contribution in [2.24, 2.45) is 11.7 Å². The number of hydroxylamine groups is 1. The highest BCUT2D eigenvalue weighted by Crippen LogP contribution is 2.23. The van der Waals surface area contributed by atoms with E-state index in [-0.39, 0.29) is 24.8 Å². The molecule has 0 bridgehead atoms. The summed E-state index contributed by atoms with van der Waals surface area (Å²) in [5.74, 6) is 10.7. The number of aryl methyl sites for hydroxylation is 1. The predicted octanol–water partition coefficient (Wildman–Crippen LogP) is 0.286. The molecule has 0 aliphatic carbocycles. The van der Waals surface area contributed by atoms with Crippen molar-refractivity contribution in [3.05, 3.63) is 30.0 Å². The summed E-state index contributed by atoms with van der Waals surface area (Å²) in [5.41, 5.74) is 7.81. The summed E-state index contributed by atoms with van der Waals surface area (Å²) in [7, 11) is -3.78. The van der Waals surface area contributed by atoms with Crippen molar-refractivity contribution in [1.29, 1.82) is 0 Å². The van der Waals surface area contributed by atoms with Crippen LogP contribution in [0, 0.1) is 29.6 Å². The minimum Gasteiger partial charge on any atom is -0.338 e. The smallest absolute Gasteiger partial charge is 0.264 e. The van der Waals surface area contributed by atoms with E-state index in [9.17, 15) is 18.0 Å². The molecule has 186 valence electrons. The molecular weight excluding hydrogens is 470 g/mol. The van der Waals surface area contributed by atoms with Gasteiger partial charge < -0.3 is 10.6 Å². The highest BCUT2D eigenvalue weighted by Gasteiger charge is 2.43. The largest absolute Gasteiger partial charge is 0.338 e. The number of sulfone groups is 1. The number of aromatic nitrogens is 2. The van der Waals surface area contributed by atoms with E-state index in [1.807, 2.05) is 6.07 Å². The number of amides is 2. The van der Waals surface area contributed by atoms with Gasteiger partial charge in [-0.15, -0.1) is 0 Å². The van der Waals surface area contributed by atoms with Gasteiger partial charge in [0.1, 0.15) is 0 Å². The molecule has 4 N–H and O–H groups in total. The summed E-state index contributed by atoms with van der Waals surface area (Å²) in [4.78, 5) is 25.7. The van der Waals surface area contributed by atoms with Crippen LogP contribution in [0.5, 0.6) is 0 Å². The fourth-order valence-corrected chi connectivity index (χ4v) is 4.41. The fraction of sp³-hybridized carbons (Fsp3) is 0.458. The molecule has 0 saturated carbocycles. The number of rotatable bonds is 6. The van der Waals surface area contributed by atoms with Crippen LogP contribution in [0.15, 0.2) is 24.4 Å². The van der Waals surface area contributed by atoms with Crippen LogP contribution in [0.1, 0.15) is 32.8 Å². The van der Waals surface area contributed by atoms with Gasteiger partial charge in [-0.25, -0.2) is 13.9 Å². The topological polar surface area (TPSA) is 148 Å². The Bertz CT molecular complexity index is 1380. The van der Waals surface area contributed by atoms with E-state index in [1.165, 1.54) is 12.4 Å². The number of hydrogen-bond donors (Lipinski definition) is 3. The number of nitrogens with zero attached hydrogens (tertiary/aromatic N) is 3. The Hall–Kier alpha value is -3.38. The van der Waals surface area contributed by atoms with Crippen LogP contribution >= 0.6 is 0 Å². The Balaban J connectivity index is 1.64. The number of nitrogens with one attached hydrogen (secondary N) is 1. The van der Waals surface area contributed by atoms with E-state index in [1.54, 1.807) is 41.8 Å². The van der Waals surface area contributed by atoms with E-state index >= 15 is 0 Å². The third-order valence-corrected chi connectivity index (χ3v) is 8.06. The lowest BCUT2D eigenvalue weighted by Crippen LogP contribution is -2.58. The summed E-state index contributed by atoms with van der Waals surface area (Å²) in [6, 6.07) is 5.45. The summed E-state index contributed by atoms with van der Waals surface area (Å²) in [6.45, 7) is 5.89. The van der Waals surface area contributed by atoms with E-state index < -0.39 is 26.0 Å². The number of fused-ring (bicyclic) bond motifs is 1. The molecular formula is C24H29N5O5S. The second-order valence-corrected chi connectivity index (χ2v) is 12.0. The minimum atomic E-state index is -3.78. The van der Waals surface area contributed by atoms with Gasteiger partial charge in [-0.05, 0) is 57.2 Å². The Morgan fingerprint density at radius 1 is 1.26 bits per heavy atom. The zero-order valence-corrected chi connectivity index (χ0v) is 20.9. The fourth-order valence-electron chi connectivity index (χ4n) is 3.57. The molecule has 2 aromatic rings. The summed E-state index contributed by atoms with van der Waals surface area (Å²) < 4.78 is 24.0. The first-order valence-corrected chi connectivity index (χ1v) is 12.8. The second-order valence-electron chi connectivity index (χ2n) is 9.51. The molecule has 35 heavy (non-hydrogen) atoms. The first-order valence-electron chi connectivity index (χ1n) is 11.0. The monoisotopic (exact) mass is 499 g/mol. The van der Waals surface area contributed by atoms with Crippen molar-refractivity contribution in [3.8, 4) is 23.7 Å². The Morgan fingerprint density at radius 2 is 1.94 bits per heavy atom. The minimum absolute atomic E-state index is 0.0680. The molecule has 1 fully saturated rings. The maximum Gasteiger partial charge on any atom is 0.264 e. The first-order chi connectivity index (χ1) is 16.2. The van der Waals surface area contributed by atoms with Crippen molar-refractivity contribution >= 4 is 32.6 Å². The van der Waals surface area contributed by atoms with Crippen molar-refractivity contribution in [1.82, 2.24) is 20.2 Å². The van der Waals surface area contributed by atoms with Gasteiger partial charge in [0.05, 0.1) is 17.0 Å². The number of likely N-dealkylation sites (tertiary alicyclic amines) is 1. The molecule has 11 heteroatoms. The van der Waals surface area contributed by atoms with Crippen molar-refractivity contribution in [2.75, 3.05) is 19.3 Å². The van der Waals surface area contributed by atoms with E-state index in [0.29, 0.717) is 18.6 Å². The van der Waals surface area contributed by atoms with Crippen LogP contribution in [0.25, 0.3) is 10.9 Å². The zero-order valence-electron chi connectivity index (χ0n) is 20.1. The number of benzene rings is 1. The van der Waals surface area contributed by atoms with Gasteiger partial charge in [-0.2, -0.15) is 5.10 Å². The SMILES string of the molecule is CC(C)(N)C(=O)N1CC(C#CC#Cc2ccc3nn(CCC(C)(C(=O)NO)S(C)(=O)=O)cc3c2)C1. The third kappa shape index (κ3) is 5.82. The highest BCUT2D eigenvalue weighted by molar-refractivity contribution is 7.92. The van der Waals surface area contributed by atoms with Gasteiger partial charge >= 0.3 is 0 Å². The lowest BCUT2D eigenvalue weighted by molar-refractivity contribution is -0.140. The molecule has 1 aliphatic rings. The number of carbonyl (C=O) groups excluding carboxylic acids is 2. The lowest BCUT2D eigenvalue weighted by atomic mass is 9.96. The molecule has 1 aromatic heterocycles. The van der Waals surface area contributed by atoms with Crippen LogP contribution in [0.3, 0.4) is 0 Å². The predicted molar refractivity (Wildman–Crippen MR) is 131 cm³/mol. The standard InChI is InChI=1S/C24H29N5O5S/c1-23(2,25)22(31)28-14-18(15-28)8-6-5-7-17-9-10-20-19(13-17)16-29(26-20)12-11-24(3,21(30)27-32)35(4,33)34/h9-10,13,16,18,32H,11-12,14-15,25H2,1-4H3,(H,27,30). The van der Waals surface area contributed by atoms with Crippen LogP contribution in [-0.2, 0) is 26.0 Å². The Kier molecular flexibility index (Phi) is 7.27. The normalized spacial score (nSPS) is 15.8. The van der Waals surface area contributed by atoms with E-state index in [4.69, 9.17) is 10.9 Å². The molecule has 0 radical (unpaired) electrons. The van der Waals surface area contributed by atoms with Crippen LogP contribution in [0.2, 0.25) is 0 Å². The van der Waals surface area contributed by atoms with Crippen molar-refractivity contribution < 1.29 is 23.2 Å². The van der Waals surface area contributed by atoms with Crippen LogP contribution < -0.4 is 11.2 Å². The van der Waals surface area contributed by atoms with Crippen molar-refractivity contribution in [2.45, 2.75) is 44.0 Å². The second kappa shape index (κ2) is 9.70. The van der Waals surface area contributed by atoms with Gasteiger partial charge in [0, 0.05) is 43.0 Å². The lowest BCUT2D eigenvalue weighted by Gasteiger charge is -2.39. The van der Waals surface area contributed by atoms with Crippen LogP contribution in [0.4, 0.5) is 0 Å². The molecule has 3 rings (SSSR count). The quantitative estimate of drug-likeness (QED) is 0.294. The van der Waals surface area contributed by atoms with Gasteiger partial charge in [-0.3, -0.25) is 19.5 Å². The maximum atomic E-state index is 12.1.